The molecule has 0 spiro atoms. The monoisotopic (exact) mass is 330 g/mol. The highest BCUT2D eigenvalue weighted by Gasteiger charge is 2.28. The van der Waals surface area contributed by atoms with Gasteiger partial charge in [0.25, 0.3) is 0 Å². The topological polar surface area (TPSA) is 49.4 Å². The van der Waals surface area contributed by atoms with E-state index in [1.54, 1.807) is 0 Å². The highest BCUT2D eigenvalue weighted by molar-refractivity contribution is 7.91. The minimum absolute atomic E-state index is 0.119. The minimum Gasteiger partial charge on any atom is -0.312 e. The Hall–Kier alpha value is -0.430. The van der Waals surface area contributed by atoms with Crippen molar-refractivity contribution in [2.45, 2.75) is 39.9 Å². The molecule has 2 rings (SSSR count). The third-order valence-electron chi connectivity index (χ3n) is 3.74. The van der Waals surface area contributed by atoms with Gasteiger partial charge >= 0.3 is 0 Å². The Morgan fingerprint density at radius 1 is 1.38 bits per heavy atom. The number of hydrogen-bond acceptors (Lipinski definition) is 5. The molecule has 0 amide bonds. The zero-order chi connectivity index (χ0) is 15.5. The number of rotatable bonds is 6. The van der Waals surface area contributed by atoms with E-state index >= 15 is 0 Å². The largest absolute Gasteiger partial charge is 0.312 e. The van der Waals surface area contributed by atoms with Gasteiger partial charge in [0.15, 0.2) is 9.84 Å². The van der Waals surface area contributed by atoms with E-state index in [4.69, 9.17) is 0 Å². The lowest BCUT2D eigenvalue weighted by molar-refractivity contribution is 0.220. The molecule has 6 heteroatoms. The van der Waals surface area contributed by atoms with Crippen LogP contribution in [0, 0.1) is 5.92 Å². The van der Waals surface area contributed by atoms with Crippen molar-refractivity contribution in [3.63, 3.8) is 0 Å². The first-order valence-electron chi connectivity index (χ1n) is 7.58. The maximum absolute atomic E-state index is 11.6. The van der Waals surface area contributed by atoms with E-state index in [1.165, 1.54) is 9.75 Å². The van der Waals surface area contributed by atoms with Gasteiger partial charge in [-0.25, -0.2) is 8.42 Å². The second-order valence-electron chi connectivity index (χ2n) is 6.33. The second kappa shape index (κ2) is 7.22. The van der Waals surface area contributed by atoms with Crippen LogP contribution in [0.15, 0.2) is 12.1 Å². The van der Waals surface area contributed by atoms with Crippen molar-refractivity contribution in [2.75, 3.05) is 24.6 Å². The molecule has 1 N–H and O–H groups in total. The van der Waals surface area contributed by atoms with Gasteiger partial charge in [0.05, 0.1) is 11.5 Å². The average molecular weight is 331 g/mol. The molecular formula is C15H26N2O2S2. The Bertz CT molecular complexity index is 552. The van der Waals surface area contributed by atoms with Crippen LogP contribution in [0.3, 0.4) is 0 Å². The number of sulfone groups is 1. The number of hydrogen-bond donors (Lipinski definition) is 1. The summed E-state index contributed by atoms with van der Waals surface area (Å²) < 4.78 is 23.2. The Balaban J connectivity index is 1.85. The number of nitrogens with zero attached hydrogens (tertiary/aromatic N) is 1. The van der Waals surface area contributed by atoms with Crippen LogP contribution in [0.5, 0.6) is 0 Å². The van der Waals surface area contributed by atoms with E-state index in [-0.39, 0.29) is 6.04 Å². The van der Waals surface area contributed by atoms with Gasteiger partial charge < -0.3 is 5.32 Å². The Morgan fingerprint density at radius 2 is 2.10 bits per heavy atom. The number of nitrogens with one attached hydrogen (secondary N) is 1. The molecule has 21 heavy (non-hydrogen) atoms. The van der Waals surface area contributed by atoms with Gasteiger partial charge in [0, 0.05) is 35.4 Å². The normalized spacial score (nSPS) is 22.8. The highest BCUT2D eigenvalue weighted by Crippen LogP contribution is 2.21. The standard InChI is InChI=1S/C15H26N2O2S2/c1-12(2)8-16-9-14-4-5-15(20-14)10-17-6-7-21(18,19)11-13(17)3/h4-5,12-13,16H,6-11H2,1-3H3. The molecule has 2 heterocycles. The van der Waals surface area contributed by atoms with Crippen LogP contribution in [0.2, 0.25) is 0 Å². The molecule has 1 aromatic rings. The lowest BCUT2D eigenvalue weighted by Gasteiger charge is -2.32. The van der Waals surface area contributed by atoms with Crippen LogP contribution >= 0.6 is 11.3 Å². The molecule has 4 nitrogen and oxygen atoms in total. The van der Waals surface area contributed by atoms with Gasteiger partial charge in [0.1, 0.15) is 0 Å². The van der Waals surface area contributed by atoms with Gasteiger partial charge in [-0.1, -0.05) is 13.8 Å². The molecule has 1 atom stereocenters. The molecule has 1 aromatic heterocycles. The van der Waals surface area contributed by atoms with E-state index < -0.39 is 9.84 Å². The second-order valence-corrected chi connectivity index (χ2v) is 9.81. The van der Waals surface area contributed by atoms with E-state index in [9.17, 15) is 8.42 Å². The van der Waals surface area contributed by atoms with E-state index in [0.717, 1.165) is 19.6 Å². The minimum atomic E-state index is -2.82. The van der Waals surface area contributed by atoms with Gasteiger partial charge in [-0.15, -0.1) is 11.3 Å². The summed E-state index contributed by atoms with van der Waals surface area (Å²) in [6.45, 7) is 9.90. The van der Waals surface area contributed by atoms with Crippen LogP contribution in [-0.4, -0.2) is 44.0 Å². The first-order chi connectivity index (χ1) is 9.85. The maximum Gasteiger partial charge on any atom is 0.153 e. The molecule has 0 aliphatic carbocycles. The Morgan fingerprint density at radius 3 is 2.76 bits per heavy atom. The van der Waals surface area contributed by atoms with Crippen LogP contribution in [0.25, 0.3) is 0 Å². The summed E-state index contributed by atoms with van der Waals surface area (Å²) in [4.78, 5) is 4.95. The van der Waals surface area contributed by atoms with Gasteiger partial charge in [-0.3, -0.25) is 4.90 Å². The molecule has 1 aliphatic heterocycles. The molecule has 1 aliphatic rings. The molecule has 0 radical (unpaired) electrons. The first-order valence-corrected chi connectivity index (χ1v) is 10.2. The summed E-state index contributed by atoms with van der Waals surface area (Å²) >= 11 is 1.83. The summed E-state index contributed by atoms with van der Waals surface area (Å²) in [5.41, 5.74) is 0. The van der Waals surface area contributed by atoms with Crippen LogP contribution in [0.1, 0.15) is 30.5 Å². The fraction of sp³-hybridized carbons (Fsp3) is 0.733. The van der Waals surface area contributed by atoms with E-state index in [2.05, 4.69) is 36.2 Å². The van der Waals surface area contributed by atoms with Crippen molar-refractivity contribution >= 4 is 21.2 Å². The summed E-state index contributed by atoms with van der Waals surface area (Å²) in [5.74, 6) is 1.26. The quantitative estimate of drug-likeness (QED) is 0.868. The molecule has 0 saturated carbocycles. The fourth-order valence-electron chi connectivity index (χ4n) is 2.55. The Kier molecular flexibility index (Phi) is 5.82. The molecule has 1 saturated heterocycles. The van der Waals surface area contributed by atoms with Crippen LogP contribution < -0.4 is 5.32 Å². The van der Waals surface area contributed by atoms with Crippen molar-refractivity contribution in [3.05, 3.63) is 21.9 Å². The zero-order valence-electron chi connectivity index (χ0n) is 13.1. The first kappa shape index (κ1) is 16.9. The molecule has 120 valence electrons. The van der Waals surface area contributed by atoms with Crippen molar-refractivity contribution in [1.82, 2.24) is 10.2 Å². The zero-order valence-corrected chi connectivity index (χ0v) is 14.8. The van der Waals surface area contributed by atoms with Crippen LogP contribution in [0.4, 0.5) is 0 Å². The van der Waals surface area contributed by atoms with Crippen molar-refractivity contribution < 1.29 is 8.42 Å². The highest BCUT2D eigenvalue weighted by atomic mass is 32.2. The predicted molar refractivity (Wildman–Crippen MR) is 89.4 cm³/mol. The summed E-state index contributed by atoms with van der Waals surface area (Å²) in [6.07, 6.45) is 0. The lowest BCUT2D eigenvalue weighted by Crippen LogP contribution is -2.46. The third kappa shape index (κ3) is 5.36. The molecule has 0 bridgehead atoms. The molecule has 0 aromatic carbocycles. The van der Waals surface area contributed by atoms with Crippen molar-refractivity contribution in [3.8, 4) is 0 Å². The van der Waals surface area contributed by atoms with E-state index in [0.29, 0.717) is 24.0 Å². The van der Waals surface area contributed by atoms with E-state index in [1.807, 2.05) is 18.3 Å². The molecule has 1 fully saturated rings. The SMILES string of the molecule is CC(C)CNCc1ccc(CN2CCS(=O)(=O)CC2C)s1. The summed E-state index contributed by atoms with van der Waals surface area (Å²) in [7, 11) is -2.82. The van der Waals surface area contributed by atoms with Gasteiger partial charge in [-0.05, 0) is 31.5 Å². The smallest absolute Gasteiger partial charge is 0.153 e. The lowest BCUT2D eigenvalue weighted by atomic mass is 10.2. The summed E-state index contributed by atoms with van der Waals surface area (Å²) in [6, 6.07) is 4.47. The third-order valence-corrected chi connectivity index (χ3v) is 6.60. The van der Waals surface area contributed by atoms with Gasteiger partial charge in [0.2, 0.25) is 0 Å². The predicted octanol–water partition coefficient (Wildman–Crippen LogP) is 2.11. The maximum atomic E-state index is 11.6. The van der Waals surface area contributed by atoms with Crippen molar-refractivity contribution in [2.24, 2.45) is 5.92 Å². The molecule has 1 unspecified atom stereocenters. The fourth-order valence-corrected chi connectivity index (χ4v) is 5.19. The van der Waals surface area contributed by atoms with Crippen LogP contribution in [-0.2, 0) is 22.9 Å². The van der Waals surface area contributed by atoms with Gasteiger partial charge in [-0.2, -0.15) is 0 Å². The molecular weight excluding hydrogens is 304 g/mol. The number of thiophene rings is 1. The summed E-state index contributed by atoms with van der Waals surface area (Å²) in [5, 5.41) is 3.46. The average Bonchev–Trinajstić information content (AvgIpc) is 2.79. The van der Waals surface area contributed by atoms with Crippen molar-refractivity contribution in [1.29, 1.82) is 0 Å². The Labute approximate surface area is 132 Å².